The lowest BCUT2D eigenvalue weighted by atomic mass is 10.1. The summed E-state index contributed by atoms with van der Waals surface area (Å²) < 4.78 is 1.83. The molecule has 2 aliphatic rings. The molecule has 1 saturated carbocycles. The molecule has 6 heteroatoms. The van der Waals surface area contributed by atoms with E-state index in [-0.39, 0.29) is 12.0 Å². The highest BCUT2D eigenvalue weighted by Gasteiger charge is 2.33. The van der Waals surface area contributed by atoms with Crippen molar-refractivity contribution in [2.75, 3.05) is 26.2 Å². The van der Waals surface area contributed by atoms with Gasteiger partial charge in [0.1, 0.15) is 0 Å². The normalized spacial score (nSPS) is 26.5. The lowest BCUT2D eigenvalue weighted by Crippen LogP contribution is -2.53. The second-order valence-corrected chi connectivity index (χ2v) is 6.51. The number of nitrogens with zero attached hydrogens (tertiary/aromatic N) is 4. The van der Waals surface area contributed by atoms with Crippen LogP contribution in [0.25, 0.3) is 0 Å². The van der Waals surface area contributed by atoms with E-state index in [0.29, 0.717) is 19.0 Å². The molecule has 0 aromatic carbocycles. The third kappa shape index (κ3) is 3.50. The van der Waals surface area contributed by atoms with Crippen LogP contribution in [0.3, 0.4) is 0 Å². The standard InChI is InChI=1S/C16H26N4O2/c1-13-11-17-20(12-13)6-5-16(22)19-9-7-18(8-10-19)14-3-2-4-15(14)21/h11-12,14-15,21H,2-10H2,1H3. The van der Waals surface area contributed by atoms with Gasteiger partial charge in [-0.25, -0.2) is 0 Å². The number of carbonyl (C=O) groups excluding carboxylic acids is 1. The molecular formula is C16H26N4O2. The smallest absolute Gasteiger partial charge is 0.224 e. The number of aliphatic hydroxyl groups excluding tert-OH is 1. The Balaban J connectivity index is 1.43. The number of aliphatic hydroxyl groups is 1. The summed E-state index contributed by atoms with van der Waals surface area (Å²) in [6.45, 7) is 5.97. The van der Waals surface area contributed by atoms with Crippen molar-refractivity contribution in [2.24, 2.45) is 0 Å². The summed E-state index contributed by atoms with van der Waals surface area (Å²) in [4.78, 5) is 16.6. The zero-order valence-electron chi connectivity index (χ0n) is 13.3. The van der Waals surface area contributed by atoms with Crippen LogP contribution in [0.2, 0.25) is 0 Å². The van der Waals surface area contributed by atoms with Crippen LogP contribution in [-0.4, -0.2) is 68.9 Å². The van der Waals surface area contributed by atoms with Gasteiger partial charge in [-0.2, -0.15) is 5.10 Å². The van der Waals surface area contributed by atoms with Gasteiger partial charge < -0.3 is 10.0 Å². The quantitative estimate of drug-likeness (QED) is 0.887. The fraction of sp³-hybridized carbons (Fsp3) is 0.750. The van der Waals surface area contributed by atoms with E-state index in [1.165, 1.54) is 0 Å². The van der Waals surface area contributed by atoms with Crippen molar-refractivity contribution >= 4 is 5.91 Å². The zero-order chi connectivity index (χ0) is 15.5. The summed E-state index contributed by atoms with van der Waals surface area (Å²) in [5, 5.41) is 14.2. The molecule has 1 saturated heterocycles. The first-order chi connectivity index (χ1) is 10.6. The SMILES string of the molecule is Cc1cnn(CCC(=O)N2CCN(C3CCCC3O)CC2)c1. The van der Waals surface area contributed by atoms with E-state index in [0.717, 1.165) is 51.0 Å². The van der Waals surface area contributed by atoms with E-state index in [9.17, 15) is 9.90 Å². The van der Waals surface area contributed by atoms with Crippen molar-refractivity contribution in [3.8, 4) is 0 Å². The fourth-order valence-electron chi connectivity index (χ4n) is 3.61. The van der Waals surface area contributed by atoms with Gasteiger partial charge in [-0.15, -0.1) is 0 Å². The van der Waals surface area contributed by atoms with E-state index in [4.69, 9.17) is 0 Å². The van der Waals surface area contributed by atoms with Crippen LogP contribution < -0.4 is 0 Å². The maximum atomic E-state index is 12.3. The zero-order valence-corrected chi connectivity index (χ0v) is 13.3. The highest BCUT2D eigenvalue weighted by Crippen LogP contribution is 2.25. The number of aryl methyl sites for hydroxylation is 2. The van der Waals surface area contributed by atoms with Gasteiger partial charge in [0.05, 0.1) is 12.3 Å². The van der Waals surface area contributed by atoms with Crippen LogP contribution >= 0.6 is 0 Å². The molecule has 0 bridgehead atoms. The first-order valence-electron chi connectivity index (χ1n) is 8.32. The molecule has 1 aliphatic carbocycles. The first-order valence-corrected chi connectivity index (χ1v) is 8.32. The minimum atomic E-state index is -0.176. The molecule has 2 heterocycles. The Kier molecular flexibility index (Phi) is 4.78. The summed E-state index contributed by atoms with van der Waals surface area (Å²) in [5.41, 5.74) is 1.12. The van der Waals surface area contributed by atoms with Crippen LogP contribution in [0.1, 0.15) is 31.2 Å². The largest absolute Gasteiger partial charge is 0.391 e. The van der Waals surface area contributed by atoms with E-state index in [2.05, 4.69) is 10.00 Å². The molecular weight excluding hydrogens is 280 g/mol. The summed E-state index contributed by atoms with van der Waals surface area (Å²) in [5.74, 6) is 0.208. The van der Waals surface area contributed by atoms with Crippen molar-refractivity contribution in [1.29, 1.82) is 0 Å². The molecule has 122 valence electrons. The van der Waals surface area contributed by atoms with E-state index < -0.39 is 0 Å². The Morgan fingerprint density at radius 2 is 2.09 bits per heavy atom. The lowest BCUT2D eigenvalue weighted by Gasteiger charge is -2.39. The maximum absolute atomic E-state index is 12.3. The summed E-state index contributed by atoms with van der Waals surface area (Å²) in [7, 11) is 0. The number of hydrogen-bond acceptors (Lipinski definition) is 4. The minimum Gasteiger partial charge on any atom is -0.391 e. The molecule has 0 radical (unpaired) electrons. The molecule has 2 unspecified atom stereocenters. The number of hydrogen-bond donors (Lipinski definition) is 1. The van der Waals surface area contributed by atoms with Crippen molar-refractivity contribution in [3.05, 3.63) is 18.0 Å². The van der Waals surface area contributed by atoms with Gasteiger partial charge in [0.15, 0.2) is 0 Å². The van der Waals surface area contributed by atoms with Crippen molar-refractivity contribution < 1.29 is 9.90 Å². The van der Waals surface area contributed by atoms with Gasteiger partial charge in [-0.3, -0.25) is 14.4 Å². The van der Waals surface area contributed by atoms with E-state index in [1.54, 1.807) is 0 Å². The van der Waals surface area contributed by atoms with Crippen LogP contribution in [-0.2, 0) is 11.3 Å². The number of piperazine rings is 1. The van der Waals surface area contributed by atoms with E-state index >= 15 is 0 Å². The van der Waals surface area contributed by atoms with Crippen LogP contribution in [0, 0.1) is 6.92 Å². The number of amides is 1. The molecule has 1 aromatic heterocycles. The molecule has 1 amide bonds. The monoisotopic (exact) mass is 306 g/mol. The Labute approximate surface area is 131 Å². The van der Waals surface area contributed by atoms with Gasteiger partial charge in [-0.05, 0) is 31.7 Å². The molecule has 1 N–H and O–H groups in total. The second-order valence-electron chi connectivity index (χ2n) is 6.51. The predicted octanol–water partition coefficient (Wildman–Crippen LogP) is 0.639. The third-order valence-electron chi connectivity index (χ3n) is 4.90. The molecule has 1 aromatic rings. The third-order valence-corrected chi connectivity index (χ3v) is 4.90. The van der Waals surface area contributed by atoms with Gasteiger partial charge in [-0.1, -0.05) is 0 Å². The Morgan fingerprint density at radius 3 is 2.68 bits per heavy atom. The number of rotatable bonds is 4. The number of aromatic nitrogens is 2. The van der Waals surface area contributed by atoms with E-state index in [1.807, 2.05) is 28.9 Å². The van der Waals surface area contributed by atoms with Gasteiger partial charge in [0, 0.05) is 51.4 Å². The molecule has 22 heavy (non-hydrogen) atoms. The van der Waals surface area contributed by atoms with Crippen LogP contribution in [0.5, 0.6) is 0 Å². The molecule has 1 aliphatic heterocycles. The van der Waals surface area contributed by atoms with Crippen LogP contribution in [0.15, 0.2) is 12.4 Å². The summed E-state index contributed by atoms with van der Waals surface area (Å²) >= 11 is 0. The van der Waals surface area contributed by atoms with Crippen molar-refractivity contribution in [3.63, 3.8) is 0 Å². The number of carbonyl (C=O) groups is 1. The van der Waals surface area contributed by atoms with Gasteiger partial charge >= 0.3 is 0 Å². The molecule has 0 spiro atoms. The molecule has 2 fully saturated rings. The topological polar surface area (TPSA) is 61.6 Å². The first kappa shape index (κ1) is 15.5. The molecule has 3 rings (SSSR count). The average Bonchev–Trinajstić information content (AvgIpc) is 3.13. The van der Waals surface area contributed by atoms with Crippen LogP contribution in [0.4, 0.5) is 0 Å². The minimum absolute atomic E-state index is 0.176. The lowest BCUT2D eigenvalue weighted by molar-refractivity contribution is -0.133. The molecule has 6 nitrogen and oxygen atoms in total. The van der Waals surface area contributed by atoms with Crippen molar-refractivity contribution in [1.82, 2.24) is 19.6 Å². The van der Waals surface area contributed by atoms with Crippen molar-refractivity contribution in [2.45, 2.75) is 51.3 Å². The average molecular weight is 306 g/mol. The van der Waals surface area contributed by atoms with Gasteiger partial charge in [0.2, 0.25) is 5.91 Å². The Hall–Kier alpha value is -1.40. The second kappa shape index (κ2) is 6.79. The highest BCUT2D eigenvalue weighted by molar-refractivity contribution is 5.76. The summed E-state index contributed by atoms with van der Waals surface area (Å²) in [6.07, 6.45) is 7.25. The fourth-order valence-corrected chi connectivity index (χ4v) is 3.61. The summed E-state index contributed by atoms with van der Waals surface area (Å²) in [6, 6.07) is 0.310. The van der Waals surface area contributed by atoms with Gasteiger partial charge in [0.25, 0.3) is 0 Å². The molecule has 2 atom stereocenters. The maximum Gasteiger partial charge on any atom is 0.224 e. The Bertz CT molecular complexity index is 508. The highest BCUT2D eigenvalue weighted by atomic mass is 16.3. The Morgan fingerprint density at radius 1 is 1.32 bits per heavy atom. The predicted molar refractivity (Wildman–Crippen MR) is 83.4 cm³/mol.